The van der Waals surface area contributed by atoms with Gasteiger partial charge in [0.25, 0.3) is 0 Å². The third-order valence-electron chi connectivity index (χ3n) is 4.00. The fraction of sp³-hybridized carbons (Fsp3) is 0.391. The number of aromatic nitrogens is 2. The Morgan fingerprint density at radius 3 is 2.19 bits per heavy atom. The summed E-state index contributed by atoms with van der Waals surface area (Å²) < 4.78 is 0. The maximum atomic E-state index is 6.38. The molecule has 0 aliphatic heterocycles. The van der Waals surface area contributed by atoms with E-state index in [4.69, 9.17) is 11.6 Å². The Balaban J connectivity index is 0.00000114. The molecule has 0 atom stereocenters. The second-order valence-corrected chi connectivity index (χ2v) is 6.88. The Bertz CT molecular complexity index is 819. The van der Waals surface area contributed by atoms with E-state index in [0.717, 1.165) is 28.7 Å². The van der Waals surface area contributed by atoms with Crippen LogP contribution < -0.4 is 5.32 Å². The van der Waals surface area contributed by atoms with Gasteiger partial charge < -0.3 is 5.32 Å². The Hall–Kier alpha value is -2.13. The first-order valence-electron chi connectivity index (χ1n) is 9.60. The van der Waals surface area contributed by atoms with Gasteiger partial charge in [0.05, 0.1) is 11.0 Å². The lowest BCUT2D eigenvalue weighted by molar-refractivity contribution is 0.818. The highest BCUT2D eigenvalue weighted by molar-refractivity contribution is 6.32. The first-order chi connectivity index (χ1) is 13.0. The van der Waals surface area contributed by atoms with Crippen LogP contribution in [0.2, 0.25) is 5.02 Å². The lowest BCUT2D eigenvalue weighted by Crippen LogP contribution is -2.14. The molecule has 0 spiro atoms. The molecule has 1 aromatic carbocycles. The zero-order chi connectivity index (χ0) is 20.2. The molecule has 1 heterocycles. The molecule has 0 unspecified atom stereocenters. The van der Waals surface area contributed by atoms with Gasteiger partial charge in [-0.1, -0.05) is 62.6 Å². The minimum Gasteiger partial charge on any atom is -0.381 e. The highest BCUT2D eigenvalue weighted by Gasteiger charge is 2.06. The molecular weight excluding hydrogens is 354 g/mol. The number of nitrogens with one attached hydrogen (secondary N) is 1. The maximum Gasteiger partial charge on any atom is 0.0901 e. The molecule has 2 aromatic rings. The van der Waals surface area contributed by atoms with Crippen LogP contribution in [0.3, 0.4) is 0 Å². The van der Waals surface area contributed by atoms with Gasteiger partial charge in [0.15, 0.2) is 0 Å². The SMILES string of the molecule is CCC.C\C=C(NCc1cc2nccnc2cc1Cl)/C(C)=C\C=C(/C)CC. The molecule has 0 radical (unpaired) electrons. The van der Waals surface area contributed by atoms with E-state index in [1.165, 1.54) is 17.6 Å². The fourth-order valence-corrected chi connectivity index (χ4v) is 2.52. The van der Waals surface area contributed by atoms with Gasteiger partial charge in [-0.25, -0.2) is 0 Å². The monoisotopic (exact) mass is 385 g/mol. The van der Waals surface area contributed by atoms with Gasteiger partial charge >= 0.3 is 0 Å². The van der Waals surface area contributed by atoms with Crippen molar-refractivity contribution in [2.75, 3.05) is 0 Å². The molecule has 1 aromatic heterocycles. The standard InChI is InChI=1S/C20H24ClN3.C3H8/c1-5-14(3)7-8-15(4)18(6-2)24-13-16-11-19-20(12-17(16)21)23-10-9-22-19;1-3-2/h6-12,24H,5,13H2,1-4H3;3H2,1-2H3/b14-7+,15-8-,18-6+;. The summed E-state index contributed by atoms with van der Waals surface area (Å²) in [5, 5.41) is 4.17. The first-order valence-corrected chi connectivity index (χ1v) is 9.98. The quantitative estimate of drug-likeness (QED) is 0.544. The molecule has 0 fully saturated rings. The van der Waals surface area contributed by atoms with Crippen LogP contribution in [0.15, 0.2) is 59.6 Å². The molecule has 4 heteroatoms. The van der Waals surface area contributed by atoms with Crippen molar-refractivity contribution < 1.29 is 0 Å². The van der Waals surface area contributed by atoms with Crippen molar-refractivity contribution >= 4 is 22.6 Å². The normalized spacial score (nSPS) is 12.6. The maximum absolute atomic E-state index is 6.38. The van der Waals surface area contributed by atoms with Gasteiger partial charge in [-0.05, 0) is 50.5 Å². The minimum atomic E-state index is 0.646. The number of allylic oxidation sites excluding steroid dienone is 5. The van der Waals surface area contributed by atoms with Crippen LogP contribution >= 0.6 is 11.6 Å². The molecule has 146 valence electrons. The molecule has 0 aliphatic rings. The zero-order valence-corrected chi connectivity index (χ0v) is 18.2. The third kappa shape index (κ3) is 7.56. The largest absolute Gasteiger partial charge is 0.381 e. The van der Waals surface area contributed by atoms with E-state index in [-0.39, 0.29) is 0 Å². The van der Waals surface area contributed by atoms with Gasteiger partial charge in [0, 0.05) is 29.7 Å². The summed E-state index contributed by atoms with van der Waals surface area (Å²) in [4.78, 5) is 8.62. The second-order valence-electron chi connectivity index (χ2n) is 6.47. The van der Waals surface area contributed by atoms with Crippen molar-refractivity contribution in [3.63, 3.8) is 0 Å². The Kier molecular flexibility index (Phi) is 10.4. The molecular formula is C23H32ClN3. The number of benzene rings is 1. The van der Waals surface area contributed by atoms with E-state index in [1.54, 1.807) is 12.4 Å². The Morgan fingerprint density at radius 1 is 1.04 bits per heavy atom. The number of nitrogens with zero attached hydrogens (tertiary/aromatic N) is 2. The van der Waals surface area contributed by atoms with Crippen molar-refractivity contribution in [3.05, 3.63) is 70.2 Å². The van der Waals surface area contributed by atoms with Gasteiger partial charge in [0.1, 0.15) is 0 Å². The van der Waals surface area contributed by atoms with Gasteiger partial charge in [0.2, 0.25) is 0 Å². The molecule has 2 rings (SSSR count). The Morgan fingerprint density at radius 2 is 1.63 bits per heavy atom. The van der Waals surface area contributed by atoms with E-state index < -0.39 is 0 Å². The summed E-state index contributed by atoms with van der Waals surface area (Å²) in [6.07, 6.45) is 12.1. The molecule has 0 saturated carbocycles. The highest BCUT2D eigenvalue weighted by atomic mass is 35.5. The number of halogens is 1. The van der Waals surface area contributed by atoms with E-state index in [1.807, 2.05) is 19.1 Å². The zero-order valence-electron chi connectivity index (χ0n) is 17.4. The second kappa shape index (κ2) is 12.3. The molecule has 0 amide bonds. The van der Waals surface area contributed by atoms with Crippen molar-refractivity contribution in [1.29, 1.82) is 0 Å². The van der Waals surface area contributed by atoms with Crippen LogP contribution in [0.25, 0.3) is 11.0 Å². The lowest BCUT2D eigenvalue weighted by Gasteiger charge is -2.13. The predicted molar refractivity (Wildman–Crippen MR) is 119 cm³/mol. The molecule has 0 aliphatic carbocycles. The van der Waals surface area contributed by atoms with Crippen LogP contribution in [0.1, 0.15) is 59.9 Å². The van der Waals surface area contributed by atoms with Crippen molar-refractivity contribution in [1.82, 2.24) is 15.3 Å². The molecule has 27 heavy (non-hydrogen) atoms. The van der Waals surface area contributed by atoms with Crippen LogP contribution in [0.4, 0.5) is 0 Å². The number of hydrogen-bond acceptors (Lipinski definition) is 3. The molecule has 1 N–H and O–H groups in total. The molecule has 0 saturated heterocycles. The van der Waals surface area contributed by atoms with Crippen LogP contribution in [0.5, 0.6) is 0 Å². The Labute approximate surface area is 169 Å². The van der Waals surface area contributed by atoms with Crippen molar-refractivity contribution in [2.24, 2.45) is 0 Å². The van der Waals surface area contributed by atoms with E-state index >= 15 is 0 Å². The first kappa shape index (κ1) is 22.9. The summed E-state index contributed by atoms with van der Waals surface area (Å²) in [7, 11) is 0. The summed E-state index contributed by atoms with van der Waals surface area (Å²) in [5.41, 5.74) is 6.34. The third-order valence-corrected chi connectivity index (χ3v) is 4.35. The van der Waals surface area contributed by atoms with E-state index in [9.17, 15) is 0 Å². The van der Waals surface area contributed by atoms with Crippen LogP contribution in [-0.4, -0.2) is 9.97 Å². The van der Waals surface area contributed by atoms with Crippen molar-refractivity contribution in [3.8, 4) is 0 Å². The summed E-state index contributed by atoms with van der Waals surface area (Å²) >= 11 is 6.38. The molecule has 3 nitrogen and oxygen atoms in total. The van der Waals surface area contributed by atoms with Gasteiger partial charge in [-0.3, -0.25) is 9.97 Å². The van der Waals surface area contributed by atoms with Gasteiger partial charge in [-0.15, -0.1) is 0 Å². The average Bonchev–Trinajstić information content (AvgIpc) is 2.67. The highest BCUT2D eigenvalue weighted by Crippen LogP contribution is 2.22. The average molecular weight is 386 g/mol. The van der Waals surface area contributed by atoms with E-state index in [0.29, 0.717) is 11.6 Å². The molecule has 0 bridgehead atoms. The van der Waals surface area contributed by atoms with Crippen LogP contribution in [-0.2, 0) is 6.54 Å². The van der Waals surface area contributed by atoms with E-state index in [2.05, 4.69) is 68.1 Å². The number of fused-ring (bicyclic) bond motifs is 1. The fourth-order valence-electron chi connectivity index (χ4n) is 2.30. The predicted octanol–water partition coefficient (Wildman–Crippen LogP) is 7.00. The topological polar surface area (TPSA) is 37.8 Å². The summed E-state index contributed by atoms with van der Waals surface area (Å²) in [5.74, 6) is 0. The van der Waals surface area contributed by atoms with Crippen LogP contribution in [0, 0.1) is 0 Å². The number of rotatable bonds is 6. The van der Waals surface area contributed by atoms with Gasteiger partial charge in [-0.2, -0.15) is 0 Å². The van der Waals surface area contributed by atoms with Crippen molar-refractivity contribution in [2.45, 2.75) is 60.9 Å². The smallest absolute Gasteiger partial charge is 0.0901 e. The number of hydrogen-bond donors (Lipinski definition) is 1. The summed E-state index contributed by atoms with van der Waals surface area (Å²) in [6, 6.07) is 3.86. The minimum absolute atomic E-state index is 0.646. The summed E-state index contributed by atoms with van der Waals surface area (Å²) in [6.45, 7) is 13.3. The lowest BCUT2D eigenvalue weighted by atomic mass is 10.1.